The summed E-state index contributed by atoms with van der Waals surface area (Å²) < 4.78 is 0. The molecule has 0 amide bonds. The fourth-order valence-electron chi connectivity index (χ4n) is 2.23. The number of nitrogens with one attached hydrogen (secondary N) is 1. The van der Waals surface area contributed by atoms with E-state index in [-0.39, 0.29) is 10.8 Å². The minimum absolute atomic E-state index is 0.0880. The molecular weight excluding hydrogens is 226 g/mol. The van der Waals surface area contributed by atoms with Crippen molar-refractivity contribution in [2.24, 2.45) is 0 Å². The standard InChI is InChI=1S/C11H16ClN3O/c1-2-15-5-3-8(4-6-15)9-7-13-11(12)14-10(9)16/h7-8H,2-6H2,1H3,(H,13,14,16). The zero-order valence-corrected chi connectivity index (χ0v) is 10.1. The molecule has 16 heavy (non-hydrogen) atoms. The molecule has 1 saturated heterocycles. The fraction of sp³-hybridized carbons (Fsp3) is 0.636. The minimum Gasteiger partial charge on any atom is -0.304 e. The van der Waals surface area contributed by atoms with E-state index in [0.29, 0.717) is 5.92 Å². The Kier molecular flexibility index (Phi) is 3.61. The van der Waals surface area contributed by atoms with Gasteiger partial charge < -0.3 is 4.90 Å². The van der Waals surface area contributed by atoms with Gasteiger partial charge in [-0.2, -0.15) is 0 Å². The molecule has 1 N–H and O–H groups in total. The van der Waals surface area contributed by atoms with Crippen LogP contribution in [0, 0.1) is 0 Å². The van der Waals surface area contributed by atoms with Crippen LogP contribution in [-0.2, 0) is 0 Å². The van der Waals surface area contributed by atoms with E-state index in [1.165, 1.54) is 0 Å². The molecule has 4 nitrogen and oxygen atoms in total. The topological polar surface area (TPSA) is 49.0 Å². The number of aromatic nitrogens is 2. The lowest BCUT2D eigenvalue weighted by Gasteiger charge is -2.30. The van der Waals surface area contributed by atoms with Crippen molar-refractivity contribution in [3.8, 4) is 0 Å². The molecule has 1 aliphatic rings. The number of rotatable bonds is 2. The summed E-state index contributed by atoms with van der Waals surface area (Å²) in [4.78, 5) is 20.6. The van der Waals surface area contributed by atoms with Crippen LogP contribution >= 0.6 is 11.6 Å². The molecule has 2 rings (SSSR count). The molecule has 0 unspecified atom stereocenters. The highest BCUT2D eigenvalue weighted by atomic mass is 35.5. The minimum atomic E-state index is -0.0880. The largest absolute Gasteiger partial charge is 0.304 e. The average Bonchev–Trinajstić information content (AvgIpc) is 2.29. The molecule has 1 aliphatic heterocycles. The summed E-state index contributed by atoms with van der Waals surface area (Å²) in [5.74, 6) is 0.330. The van der Waals surface area contributed by atoms with E-state index in [1.54, 1.807) is 6.20 Å². The maximum absolute atomic E-state index is 11.7. The SMILES string of the molecule is CCN1CCC(c2cnc(Cl)[nH]c2=O)CC1. The van der Waals surface area contributed by atoms with E-state index < -0.39 is 0 Å². The normalized spacial score (nSPS) is 18.9. The Bertz CT molecular complexity index is 410. The monoisotopic (exact) mass is 241 g/mol. The summed E-state index contributed by atoms with van der Waals surface area (Å²) in [6.45, 7) is 5.37. The van der Waals surface area contributed by atoms with Gasteiger partial charge in [-0.3, -0.25) is 9.78 Å². The van der Waals surface area contributed by atoms with Gasteiger partial charge in [-0.15, -0.1) is 0 Å². The van der Waals surface area contributed by atoms with Crippen LogP contribution in [0.3, 0.4) is 0 Å². The molecule has 1 aromatic rings. The summed E-state index contributed by atoms with van der Waals surface area (Å²) in [7, 11) is 0. The Morgan fingerprint density at radius 3 is 2.81 bits per heavy atom. The predicted molar refractivity (Wildman–Crippen MR) is 64.0 cm³/mol. The van der Waals surface area contributed by atoms with Gasteiger partial charge >= 0.3 is 0 Å². The van der Waals surface area contributed by atoms with Crippen molar-refractivity contribution in [1.29, 1.82) is 0 Å². The van der Waals surface area contributed by atoms with Gasteiger partial charge in [0.15, 0.2) is 0 Å². The van der Waals surface area contributed by atoms with Gasteiger partial charge in [-0.1, -0.05) is 6.92 Å². The first-order valence-corrected chi connectivity index (χ1v) is 6.05. The lowest BCUT2D eigenvalue weighted by atomic mass is 9.91. The highest BCUT2D eigenvalue weighted by Gasteiger charge is 2.21. The third kappa shape index (κ3) is 2.44. The van der Waals surface area contributed by atoms with E-state index in [2.05, 4.69) is 21.8 Å². The molecule has 0 spiro atoms. The number of H-pyrrole nitrogens is 1. The van der Waals surface area contributed by atoms with Gasteiger partial charge in [0.25, 0.3) is 5.56 Å². The fourth-order valence-corrected chi connectivity index (χ4v) is 2.37. The Balaban J connectivity index is 2.11. The van der Waals surface area contributed by atoms with Crippen molar-refractivity contribution in [2.45, 2.75) is 25.7 Å². The number of halogens is 1. The van der Waals surface area contributed by atoms with Crippen LogP contribution < -0.4 is 5.56 Å². The molecule has 0 aliphatic carbocycles. The molecule has 0 saturated carbocycles. The molecular formula is C11H16ClN3O. The first kappa shape index (κ1) is 11.6. The van der Waals surface area contributed by atoms with Gasteiger partial charge in [0.1, 0.15) is 0 Å². The van der Waals surface area contributed by atoms with Gasteiger partial charge in [0.05, 0.1) is 0 Å². The van der Waals surface area contributed by atoms with Crippen LogP contribution in [0.4, 0.5) is 0 Å². The van der Waals surface area contributed by atoms with Crippen molar-refractivity contribution >= 4 is 11.6 Å². The average molecular weight is 242 g/mol. The van der Waals surface area contributed by atoms with Crippen LogP contribution in [0.25, 0.3) is 0 Å². The van der Waals surface area contributed by atoms with E-state index in [1.807, 2.05) is 0 Å². The number of hydrogen-bond acceptors (Lipinski definition) is 3. The van der Waals surface area contributed by atoms with Gasteiger partial charge in [-0.05, 0) is 50.0 Å². The number of nitrogens with zero attached hydrogens (tertiary/aromatic N) is 2. The highest BCUT2D eigenvalue weighted by molar-refractivity contribution is 6.28. The van der Waals surface area contributed by atoms with E-state index in [9.17, 15) is 4.79 Å². The molecule has 1 aromatic heterocycles. The number of hydrogen-bond donors (Lipinski definition) is 1. The van der Waals surface area contributed by atoms with Crippen LogP contribution in [-0.4, -0.2) is 34.5 Å². The van der Waals surface area contributed by atoms with Crippen LogP contribution in [0.2, 0.25) is 5.28 Å². The molecule has 5 heteroatoms. The maximum atomic E-state index is 11.7. The van der Waals surface area contributed by atoms with Crippen molar-refractivity contribution in [1.82, 2.24) is 14.9 Å². The second-order valence-electron chi connectivity index (χ2n) is 4.17. The summed E-state index contributed by atoms with van der Waals surface area (Å²) >= 11 is 5.63. The van der Waals surface area contributed by atoms with E-state index in [4.69, 9.17) is 11.6 Å². The van der Waals surface area contributed by atoms with Crippen LogP contribution in [0.15, 0.2) is 11.0 Å². The Hall–Kier alpha value is -0.870. The Morgan fingerprint density at radius 1 is 1.56 bits per heavy atom. The lowest BCUT2D eigenvalue weighted by molar-refractivity contribution is 0.222. The summed E-state index contributed by atoms with van der Waals surface area (Å²) in [5.41, 5.74) is 0.690. The molecule has 0 aromatic carbocycles. The van der Waals surface area contributed by atoms with Crippen molar-refractivity contribution in [3.05, 3.63) is 27.4 Å². The van der Waals surface area contributed by atoms with E-state index >= 15 is 0 Å². The van der Waals surface area contributed by atoms with Crippen LogP contribution in [0.5, 0.6) is 0 Å². The number of aromatic amines is 1. The van der Waals surface area contributed by atoms with E-state index in [0.717, 1.165) is 38.0 Å². The zero-order chi connectivity index (χ0) is 11.5. The second-order valence-corrected chi connectivity index (χ2v) is 4.53. The molecule has 0 atom stereocenters. The second kappa shape index (κ2) is 4.97. The molecule has 0 bridgehead atoms. The van der Waals surface area contributed by atoms with Gasteiger partial charge in [-0.25, -0.2) is 4.98 Å². The Labute approximate surface area is 99.6 Å². The summed E-state index contributed by atoms with van der Waals surface area (Å²) in [5, 5.41) is 0.166. The highest BCUT2D eigenvalue weighted by Crippen LogP contribution is 2.25. The van der Waals surface area contributed by atoms with Gasteiger partial charge in [0.2, 0.25) is 5.28 Å². The van der Waals surface area contributed by atoms with Crippen molar-refractivity contribution < 1.29 is 0 Å². The van der Waals surface area contributed by atoms with Crippen molar-refractivity contribution in [2.75, 3.05) is 19.6 Å². The molecule has 88 valence electrons. The summed E-state index contributed by atoms with van der Waals surface area (Å²) in [6.07, 6.45) is 3.67. The molecule has 1 fully saturated rings. The molecule has 0 radical (unpaired) electrons. The molecule has 2 heterocycles. The third-order valence-electron chi connectivity index (χ3n) is 3.27. The van der Waals surface area contributed by atoms with Crippen LogP contribution in [0.1, 0.15) is 31.2 Å². The maximum Gasteiger partial charge on any atom is 0.255 e. The van der Waals surface area contributed by atoms with Gasteiger partial charge in [0, 0.05) is 11.8 Å². The van der Waals surface area contributed by atoms with Crippen molar-refractivity contribution in [3.63, 3.8) is 0 Å². The summed E-state index contributed by atoms with van der Waals surface area (Å²) in [6, 6.07) is 0. The first-order valence-electron chi connectivity index (χ1n) is 5.67. The number of piperidine rings is 1. The third-order valence-corrected chi connectivity index (χ3v) is 3.46. The zero-order valence-electron chi connectivity index (χ0n) is 9.37. The lowest BCUT2D eigenvalue weighted by Crippen LogP contribution is -2.34. The quantitative estimate of drug-likeness (QED) is 0.801. The first-order chi connectivity index (χ1) is 7.70. The smallest absolute Gasteiger partial charge is 0.255 e. The number of likely N-dealkylation sites (tertiary alicyclic amines) is 1. The Morgan fingerprint density at radius 2 is 2.25 bits per heavy atom. The predicted octanol–water partition coefficient (Wildman–Crippen LogP) is 1.62.